The Morgan fingerprint density at radius 2 is 1.81 bits per heavy atom. The number of ether oxygens (including phenoxy) is 1. The lowest BCUT2D eigenvalue weighted by molar-refractivity contribution is -0.121. The maximum atomic E-state index is 12.4. The zero-order valence-corrected chi connectivity index (χ0v) is 19.9. The van der Waals surface area contributed by atoms with Crippen molar-refractivity contribution in [3.63, 3.8) is 0 Å². The number of methoxy groups -OCH3 is 1. The fourth-order valence-corrected chi connectivity index (χ4v) is 4.76. The predicted octanol–water partition coefficient (Wildman–Crippen LogP) is 4.11. The van der Waals surface area contributed by atoms with Crippen LogP contribution in [0.15, 0.2) is 54.6 Å². The van der Waals surface area contributed by atoms with Gasteiger partial charge in [-0.3, -0.25) is 9.10 Å². The van der Waals surface area contributed by atoms with Crippen LogP contribution in [0.2, 0.25) is 0 Å². The molecule has 31 heavy (non-hydrogen) atoms. The number of sulfonamides is 1. The maximum Gasteiger partial charge on any atom is 0.232 e. The summed E-state index contributed by atoms with van der Waals surface area (Å²) in [5.41, 5.74) is 1.70. The normalized spacial score (nSPS) is 12.8. The predicted molar refractivity (Wildman–Crippen MR) is 126 cm³/mol. The van der Waals surface area contributed by atoms with Crippen LogP contribution in [0.4, 0.5) is 5.69 Å². The van der Waals surface area contributed by atoms with Gasteiger partial charge in [0.25, 0.3) is 0 Å². The van der Waals surface area contributed by atoms with Crippen LogP contribution < -0.4 is 14.4 Å². The second-order valence-corrected chi connectivity index (χ2v) is 10.5. The third-order valence-corrected chi connectivity index (χ3v) is 6.48. The highest BCUT2D eigenvalue weighted by molar-refractivity contribution is 7.92. The Morgan fingerprint density at radius 1 is 1.13 bits per heavy atom. The number of rotatable bonds is 11. The Labute approximate surface area is 186 Å². The highest BCUT2D eigenvalue weighted by Gasteiger charge is 2.24. The van der Waals surface area contributed by atoms with E-state index in [0.29, 0.717) is 17.9 Å². The number of anilines is 1. The topological polar surface area (TPSA) is 75.7 Å². The Balaban J connectivity index is 1.90. The van der Waals surface area contributed by atoms with Gasteiger partial charge >= 0.3 is 0 Å². The Kier molecular flexibility index (Phi) is 8.51. The molecule has 7 heteroatoms. The number of nitrogens with zero attached hydrogens (tertiary/aromatic N) is 1. The van der Waals surface area contributed by atoms with Crippen molar-refractivity contribution < 1.29 is 17.9 Å². The van der Waals surface area contributed by atoms with E-state index in [4.69, 9.17) is 4.74 Å². The van der Waals surface area contributed by atoms with Gasteiger partial charge in [-0.15, -0.1) is 0 Å². The van der Waals surface area contributed by atoms with E-state index in [1.165, 1.54) is 23.2 Å². The van der Waals surface area contributed by atoms with Gasteiger partial charge < -0.3 is 10.1 Å². The fraction of sp³-hybridized carbons (Fsp3) is 0.458. The third kappa shape index (κ3) is 7.58. The molecule has 0 bridgehead atoms. The third-order valence-electron chi connectivity index (χ3n) is 5.29. The van der Waals surface area contributed by atoms with E-state index in [0.717, 1.165) is 6.42 Å². The molecule has 0 aromatic heterocycles. The van der Waals surface area contributed by atoms with Crippen molar-refractivity contribution in [3.05, 3.63) is 60.2 Å². The molecule has 0 radical (unpaired) electrons. The summed E-state index contributed by atoms with van der Waals surface area (Å²) in [6.45, 7) is 6.57. The Bertz CT molecular complexity index is 959. The van der Waals surface area contributed by atoms with Crippen molar-refractivity contribution in [1.29, 1.82) is 0 Å². The molecule has 0 aliphatic carbocycles. The van der Waals surface area contributed by atoms with Crippen molar-refractivity contribution in [3.8, 4) is 5.75 Å². The van der Waals surface area contributed by atoms with Crippen molar-refractivity contribution >= 4 is 21.6 Å². The second-order valence-electron chi connectivity index (χ2n) is 8.56. The summed E-state index contributed by atoms with van der Waals surface area (Å²) >= 11 is 0. The van der Waals surface area contributed by atoms with Crippen LogP contribution in [-0.4, -0.2) is 40.3 Å². The van der Waals surface area contributed by atoms with Gasteiger partial charge in [0.05, 0.1) is 19.1 Å². The van der Waals surface area contributed by atoms with Crippen LogP contribution in [0, 0.1) is 0 Å². The van der Waals surface area contributed by atoms with Crippen LogP contribution in [0.3, 0.4) is 0 Å². The van der Waals surface area contributed by atoms with Crippen LogP contribution >= 0.6 is 0 Å². The Hall–Kier alpha value is -2.54. The van der Waals surface area contributed by atoms with E-state index < -0.39 is 10.0 Å². The van der Waals surface area contributed by atoms with Gasteiger partial charge in [0.15, 0.2) is 0 Å². The molecule has 1 amide bonds. The van der Waals surface area contributed by atoms with Gasteiger partial charge in [-0.1, -0.05) is 50.2 Å². The Morgan fingerprint density at radius 3 is 2.42 bits per heavy atom. The van der Waals surface area contributed by atoms with E-state index in [9.17, 15) is 13.2 Å². The monoisotopic (exact) mass is 446 g/mol. The van der Waals surface area contributed by atoms with Gasteiger partial charge in [0, 0.05) is 25.1 Å². The smallest absolute Gasteiger partial charge is 0.232 e. The number of hydrogen-bond donors (Lipinski definition) is 1. The van der Waals surface area contributed by atoms with E-state index in [1.807, 2.05) is 25.1 Å². The molecule has 0 spiro atoms. The largest absolute Gasteiger partial charge is 0.497 e. The first-order valence-electron chi connectivity index (χ1n) is 10.5. The first-order valence-corrected chi connectivity index (χ1v) is 12.3. The summed E-state index contributed by atoms with van der Waals surface area (Å²) in [4.78, 5) is 12.4. The molecule has 0 saturated heterocycles. The minimum Gasteiger partial charge on any atom is -0.497 e. The lowest BCUT2D eigenvalue weighted by Crippen LogP contribution is -2.38. The molecule has 2 aromatic rings. The quantitative estimate of drug-likeness (QED) is 0.564. The standard InChI is InChI=1S/C24H34N2O4S/c1-19(18-24(2,3)20-11-7-6-8-12-20)25-23(27)15-10-16-26(31(5,28)29)21-13-9-14-22(17-21)30-4/h6-9,11-14,17,19H,10,15-16,18H2,1-5H3,(H,25,27)/t19-/m1/s1. The van der Waals surface area contributed by atoms with Crippen molar-refractivity contribution in [2.75, 3.05) is 24.2 Å². The second kappa shape index (κ2) is 10.7. The summed E-state index contributed by atoms with van der Waals surface area (Å²) in [7, 11) is -1.94. The molecular weight excluding hydrogens is 412 g/mol. The molecule has 0 unspecified atom stereocenters. The number of carbonyl (C=O) groups excluding carboxylic acids is 1. The number of amides is 1. The van der Waals surface area contributed by atoms with Gasteiger partial charge in [-0.25, -0.2) is 8.42 Å². The van der Waals surface area contributed by atoms with E-state index in [2.05, 4.69) is 31.3 Å². The average molecular weight is 447 g/mol. The molecule has 0 fully saturated rings. The zero-order chi connectivity index (χ0) is 23.1. The van der Waals surface area contributed by atoms with Crippen LogP contribution in [0.5, 0.6) is 5.75 Å². The summed E-state index contributed by atoms with van der Waals surface area (Å²) < 4.78 is 31.0. The lowest BCUT2D eigenvalue weighted by Gasteiger charge is -2.29. The molecule has 0 heterocycles. The number of nitrogens with one attached hydrogen (secondary N) is 1. The van der Waals surface area contributed by atoms with Gasteiger partial charge in [-0.05, 0) is 42.9 Å². The van der Waals surface area contributed by atoms with Crippen LogP contribution in [0.1, 0.15) is 45.6 Å². The maximum absolute atomic E-state index is 12.4. The summed E-state index contributed by atoms with van der Waals surface area (Å²) in [6, 6.07) is 17.2. The molecule has 0 aliphatic rings. The van der Waals surface area contributed by atoms with E-state index in [1.54, 1.807) is 24.3 Å². The molecule has 0 aliphatic heterocycles. The average Bonchev–Trinajstić information content (AvgIpc) is 2.70. The van der Waals surface area contributed by atoms with E-state index >= 15 is 0 Å². The molecule has 2 aromatic carbocycles. The highest BCUT2D eigenvalue weighted by Crippen LogP contribution is 2.28. The molecule has 1 N–H and O–H groups in total. The molecule has 0 saturated carbocycles. The van der Waals surface area contributed by atoms with E-state index in [-0.39, 0.29) is 30.3 Å². The van der Waals surface area contributed by atoms with Gasteiger partial charge in [-0.2, -0.15) is 0 Å². The summed E-state index contributed by atoms with van der Waals surface area (Å²) in [6.07, 6.45) is 2.65. The summed E-state index contributed by atoms with van der Waals surface area (Å²) in [5.74, 6) is 0.509. The number of benzene rings is 2. The van der Waals surface area contributed by atoms with Crippen molar-refractivity contribution in [2.45, 2.75) is 51.5 Å². The number of hydrogen-bond acceptors (Lipinski definition) is 4. The first-order chi connectivity index (χ1) is 14.5. The van der Waals surface area contributed by atoms with Gasteiger partial charge in [0.2, 0.25) is 15.9 Å². The lowest BCUT2D eigenvalue weighted by atomic mass is 9.79. The molecule has 170 valence electrons. The first kappa shape index (κ1) is 24.7. The molecule has 1 atom stereocenters. The van der Waals surface area contributed by atoms with Crippen molar-refractivity contribution in [1.82, 2.24) is 5.32 Å². The van der Waals surface area contributed by atoms with Crippen molar-refractivity contribution in [2.24, 2.45) is 0 Å². The minimum absolute atomic E-state index is 0.00658. The SMILES string of the molecule is COc1cccc(N(CCCC(=O)N[C@H](C)CC(C)(C)c2ccccc2)S(C)(=O)=O)c1. The van der Waals surface area contributed by atoms with Gasteiger partial charge in [0.1, 0.15) is 5.75 Å². The minimum atomic E-state index is -3.47. The zero-order valence-electron chi connectivity index (χ0n) is 19.1. The van der Waals surface area contributed by atoms with Crippen LogP contribution in [0.25, 0.3) is 0 Å². The number of carbonyl (C=O) groups is 1. The fourth-order valence-electron chi connectivity index (χ4n) is 3.81. The molecule has 6 nitrogen and oxygen atoms in total. The molecular formula is C24H34N2O4S. The van der Waals surface area contributed by atoms with Crippen LogP contribution in [-0.2, 0) is 20.2 Å². The summed E-state index contributed by atoms with van der Waals surface area (Å²) in [5, 5.41) is 3.05. The highest BCUT2D eigenvalue weighted by atomic mass is 32.2. The molecule has 2 rings (SSSR count).